The maximum Gasteiger partial charge on any atom is 0.261 e. The van der Waals surface area contributed by atoms with Crippen molar-refractivity contribution in [1.29, 1.82) is 0 Å². The van der Waals surface area contributed by atoms with Gasteiger partial charge >= 0.3 is 0 Å². The molecule has 25 heavy (non-hydrogen) atoms. The molecule has 0 aromatic heterocycles. The number of benzene rings is 2. The van der Waals surface area contributed by atoms with Gasteiger partial charge in [-0.2, -0.15) is 0 Å². The van der Waals surface area contributed by atoms with Crippen LogP contribution in [0.1, 0.15) is 12.0 Å². The lowest BCUT2D eigenvalue weighted by atomic mass is 10.1. The molecule has 0 saturated carbocycles. The first-order valence-electron chi connectivity index (χ1n) is 7.65. The zero-order valence-corrected chi connectivity index (χ0v) is 14.2. The summed E-state index contributed by atoms with van der Waals surface area (Å²) >= 11 is 0. The van der Waals surface area contributed by atoms with E-state index in [2.05, 4.69) is 10.0 Å². The predicted molar refractivity (Wildman–Crippen MR) is 92.1 cm³/mol. The number of sulfonamides is 1. The van der Waals surface area contributed by atoms with Gasteiger partial charge in [0.2, 0.25) is 5.91 Å². The topological polar surface area (TPSA) is 95.5 Å². The van der Waals surface area contributed by atoms with Crippen molar-refractivity contribution in [2.24, 2.45) is 0 Å². The maximum atomic E-state index is 12.9. The molecule has 0 fully saturated rings. The van der Waals surface area contributed by atoms with E-state index in [1.54, 1.807) is 24.3 Å². The Balaban J connectivity index is 1.97. The van der Waals surface area contributed by atoms with Crippen LogP contribution in [0.15, 0.2) is 53.4 Å². The summed E-state index contributed by atoms with van der Waals surface area (Å²) in [7, 11) is -3.80. The Morgan fingerprint density at radius 2 is 1.68 bits per heavy atom. The zero-order valence-electron chi connectivity index (χ0n) is 13.4. The summed E-state index contributed by atoms with van der Waals surface area (Å²) in [6.45, 7) is 0.425. The van der Waals surface area contributed by atoms with Crippen LogP contribution in [-0.4, -0.2) is 32.6 Å². The van der Waals surface area contributed by atoms with E-state index in [-0.39, 0.29) is 23.8 Å². The highest BCUT2D eigenvalue weighted by Gasteiger charge is 2.14. The molecule has 0 saturated heterocycles. The second-order valence-corrected chi connectivity index (χ2v) is 7.04. The Hall–Kier alpha value is -2.45. The van der Waals surface area contributed by atoms with Crippen molar-refractivity contribution in [3.8, 4) is 0 Å². The van der Waals surface area contributed by atoms with E-state index >= 15 is 0 Å². The third kappa shape index (κ3) is 5.84. The quantitative estimate of drug-likeness (QED) is 0.619. The number of anilines is 1. The zero-order chi connectivity index (χ0) is 18.3. The van der Waals surface area contributed by atoms with Gasteiger partial charge in [0, 0.05) is 18.8 Å². The molecule has 2 aromatic carbocycles. The summed E-state index contributed by atoms with van der Waals surface area (Å²) in [5.41, 5.74) is 1.07. The molecule has 0 spiro atoms. The molecule has 0 aliphatic heterocycles. The van der Waals surface area contributed by atoms with E-state index in [0.29, 0.717) is 18.7 Å². The predicted octanol–water partition coefficient (Wildman–Crippen LogP) is 1.67. The number of halogens is 1. The smallest absolute Gasteiger partial charge is 0.261 e. The fourth-order valence-corrected chi connectivity index (χ4v) is 3.13. The van der Waals surface area contributed by atoms with Crippen LogP contribution in [0, 0.1) is 5.82 Å². The highest BCUT2D eigenvalue weighted by molar-refractivity contribution is 7.92. The van der Waals surface area contributed by atoms with Crippen LogP contribution in [0.4, 0.5) is 10.1 Å². The van der Waals surface area contributed by atoms with Gasteiger partial charge < -0.3 is 10.4 Å². The van der Waals surface area contributed by atoms with Gasteiger partial charge in [0.15, 0.2) is 0 Å². The summed E-state index contributed by atoms with van der Waals surface area (Å²) in [6, 6.07) is 10.9. The standard InChI is InChI=1S/C17H19FN2O4S/c18-14-4-8-16(9-5-14)25(23,24)20-15-6-2-13(3-7-15)12-17(22)19-10-1-11-21/h2-9,20-21H,1,10-12H2,(H,19,22). The number of carbonyl (C=O) groups excluding carboxylic acids is 1. The first-order valence-corrected chi connectivity index (χ1v) is 9.14. The molecule has 0 aliphatic carbocycles. The fraction of sp³-hybridized carbons (Fsp3) is 0.235. The highest BCUT2D eigenvalue weighted by atomic mass is 32.2. The molecule has 0 unspecified atom stereocenters. The van der Waals surface area contributed by atoms with Gasteiger partial charge in [0.05, 0.1) is 11.3 Å². The lowest BCUT2D eigenvalue weighted by Crippen LogP contribution is -2.26. The first kappa shape index (κ1) is 18.9. The molecule has 2 rings (SSSR count). The van der Waals surface area contributed by atoms with Gasteiger partial charge in [-0.05, 0) is 48.4 Å². The van der Waals surface area contributed by atoms with Crippen molar-refractivity contribution in [2.75, 3.05) is 17.9 Å². The minimum atomic E-state index is -3.80. The minimum absolute atomic E-state index is 0.0170. The summed E-state index contributed by atoms with van der Waals surface area (Å²) in [5, 5.41) is 11.3. The monoisotopic (exact) mass is 366 g/mol. The average Bonchev–Trinajstić information content (AvgIpc) is 2.57. The number of hydrogen-bond acceptors (Lipinski definition) is 4. The largest absolute Gasteiger partial charge is 0.396 e. The van der Waals surface area contributed by atoms with Gasteiger partial charge in [0.1, 0.15) is 5.82 Å². The first-order chi connectivity index (χ1) is 11.9. The van der Waals surface area contributed by atoms with Gasteiger partial charge in [0.25, 0.3) is 10.0 Å². The molecule has 0 radical (unpaired) electrons. The maximum absolute atomic E-state index is 12.9. The van der Waals surface area contributed by atoms with Crippen LogP contribution in [0.5, 0.6) is 0 Å². The molecule has 1 amide bonds. The van der Waals surface area contributed by atoms with Gasteiger partial charge in [-0.25, -0.2) is 12.8 Å². The minimum Gasteiger partial charge on any atom is -0.396 e. The summed E-state index contributed by atoms with van der Waals surface area (Å²) in [6.07, 6.45) is 0.659. The van der Waals surface area contributed by atoms with E-state index < -0.39 is 15.8 Å². The third-order valence-electron chi connectivity index (χ3n) is 3.35. The van der Waals surface area contributed by atoms with Gasteiger partial charge in [-0.3, -0.25) is 9.52 Å². The van der Waals surface area contributed by atoms with E-state index in [1.165, 1.54) is 12.1 Å². The third-order valence-corrected chi connectivity index (χ3v) is 4.75. The lowest BCUT2D eigenvalue weighted by molar-refractivity contribution is -0.120. The van der Waals surface area contributed by atoms with Crippen molar-refractivity contribution in [1.82, 2.24) is 5.32 Å². The molecule has 2 aromatic rings. The van der Waals surface area contributed by atoms with E-state index in [1.807, 2.05) is 0 Å². The molecule has 0 atom stereocenters. The number of carbonyl (C=O) groups is 1. The number of amides is 1. The normalized spacial score (nSPS) is 11.1. The summed E-state index contributed by atoms with van der Waals surface area (Å²) in [5.74, 6) is -0.686. The van der Waals surface area contributed by atoms with Crippen LogP contribution < -0.4 is 10.0 Å². The van der Waals surface area contributed by atoms with Gasteiger partial charge in [-0.15, -0.1) is 0 Å². The van der Waals surface area contributed by atoms with Crippen molar-refractivity contribution < 1.29 is 22.7 Å². The van der Waals surface area contributed by atoms with Crippen molar-refractivity contribution in [3.05, 3.63) is 59.9 Å². The Labute approximate surface area is 145 Å². The van der Waals surface area contributed by atoms with Crippen LogP contribution in [0.3, 0.4) is 0 Å². The number of hydrogen-bond donors (Lipinski definition) is 3. The van der Waals surface area contributed by atoms with Crippen LogP contribution >= 0.6 is 0 Å². The Morgan fingerprint density at radius 3 is 2.28 bits per heavy atom. The van der Waals surface area contributed by atoms with Crippen molar-refractivity contribution in [3.63, 3.8) is 0 Å². The molecular weight excluding hydrogens is 347 g/mol. The van der Waals surface area contributed by atoms with E-state index in [4.69, 9.17) is 5.11 Å². The van der Waals surface area contributed by atoms with E-state index in [0.717, 1.165) is 17.7 Å². The van der Waals surface area contributed by atoms with Crippen LogP contribution in [0.2, 0.25) is 0 Å². The SMILES string of the molecule is O=C(Cc1ccc(NS(=O)(=O)c2ccc(F)cc2)cc1)NCCCO. The summed E-state index contributed by atoms with van der Waals surface area (Å²) < 4.78 is 39.7. The lowest BCUT2D eigenvalue weighted by Gasteiger charge is -2.09. The molecule has 3 N–H and O–H groups in total. The molecular formula is C17H19FN2O4S. The molecule has 134 valence electrons. The number of aliphatic hydroxyl groups excluding tert-OH is 1. The molecule has 6 nitrogen and oxygen atoms in total. The fourth-order valence-electron chi connectivity index (χ4n) is 2.07. The molecule has 0 heterocycles. The second-order valence-electron chi connectivity index (χ2n) is 5.36. The van der Waals surface area contributed by atoms with Gasteiger partial charge in [-0.1, -0.05) is 12.1 Å². The van der Waals surface area contributed by atoms with Crippen molar-refractivity contribution >= 4 is 21.6 Å². The molecule has 0 aliphatic rings. The average molecular weight is 366 g/mol. The Morgan fingerprint density at radius 1 is 1.04 bits per heavy atom. The van der Waals surface area contributed by atoms with Crippen LogP contribution in [-0.2, 0) is 21.2 Å². The Kier molecular flexibility index (Phi) is 6.49. The van der Waals surface area contributed by atoms with Crippen LogP contribution in [0.25, 0.3) is 0 Å². The van der Waals surface area contributed by atoms with Crippen molar-refractivity contribution in [2.45, 2.75) is 17.7 Å². The number of rotatable bonds is 8. The summed E-state index contributed by atoms with van der Waals surface area (Å²) in [4.78, 5) is 11.6. The second kappa shape index (κ2) is 8.59. The molecule has 0 bridgehead atoms. The Bertz CT molecular complexity index is 806. The highest BCUT2D eigenvalue weighted by Crippen LogP contribution is 2.17. The number of nitrogens with one attached hydrogen (secondary N) is 2. The van der Waals surface area contributed by atoms with E-state index in [9.17, 15) is 17.6 Å². The molecule has 8 heteroatoms. The number of aliphatic hydroxyl groups is 1.